The Labute approximate surface area is 110 Å². The number of hydrogen-bond acceptors (Lipinski definition) is 1. The average Bonchev–Trinajstić information content (AvgIpc) is 2.32. The summed E-state index contributed by atoms with van der Waals surface area (Å²) >= 11 is 6.07. The van der Waals surface area contributed by atoms with E-state index in [1.807, 2.05) is 0 Å². The van der Waals surface area contributed by atoms with E-state index in [2.05, 4.69) is 45.0 Å². The van der Waals surface area contributed by atoms with Gasteiger partial charge in [-0.1, -0.05) is 29.8 Å². The van der Waals surface area contributed by atoms with E-state index in [1.165, 1.54) is 11.1 Å². The third-order valence-electron chi connectivity index (χ3n) is 3.38. The first-order chi connectivity index (χ1) is 7.98. The van der Waals surface area contributed by atoms with Gasteiger partial charge < -0.3 is 4.74 Å². The van der Waals surface area contributed by atoms with Gasteiger partial charge in [-0.3, -0.25) is 0 Å². The first-order valence-electron chi connectivity index (χ1n) is 6.16. The second kappa shape index (κ2) is 6.42. The van der Waals surface area contributed by atoms with Gasteiger partial charge in [0.15, 0.2) is 0 Å². The predicted molar refractivity (Wildman–Crippen MR) is 75.0 cm³/mol. The number of aryl methyl sites for hydroxylation is 1. The monoisotopic (exact) mass is 254 g/mol. The van der Waals surface area contributed by atoms with Gasteiger partial charge in [0, 0.05) is 13.0 Å². The summed E-state index contributed by atoms with van der Waals surface area (Å²) in [5.41, 5.74) is 2.56. The molecule has 0 aliphatic rings. The maximum absolute atomic E-state index is 6.07. The highest BCUT2D eigenvalue weighted by atomic mass is 35.5. The van der Waals surface area contributed by atoms with Gasteiger partial charge in [-0.15, -0.1) is 11.6 Å². The molecule has 0 saturated heterocycles. The number of rotatable bonds is 6. The minimum Gasteiger partial charge on any atom is -0.379 e. The summed E-state index contributed by atoms with van der Waals surface area (Å²) in [6.07, 6.45) is 2.09. The predicted octanol–water partition coefficient (Wildman–Crippen LogP) is 4.52. The standard InChI is InChI=1S/C15H23ClO/c1-12-5-7-13(8-6-12)14(11-16)9-10-15(2,3)17-4/h5-8,14H,9-11H2,1-4H3. The van der Waals surface area contributed by atoms with Crippen LogP contribution in [0.15, 0.2) is 24.3 Å². The zero-order chi connectivity index (χ0) is 12.9. The Balaban J connectivity index is 2.63. The highest BCUT2D eigenvalue weighted by Gasteiger charge is 2.19. The Morgan fingerprint density at radius 2 is 1.82 bits per heavy atom. The molecule has 0 saturated carbocycles. The highest BCUT2D eigenvalue weighted by Crippen LogP contribution is 2.27. The molecule has 1 aromatic rings. The fraction of sp³-hybridized carbons (Fsp3) is 0.600. The van der Waals surface area contributed by atoms with Crippen molar-refractivity contribution < 1.29 is 4.74 Å². The molecular formula is C15H23ClO. The zero-order valence-corrected chi connectivity index (χ0v) is 12.1. The van der Waals surface area contributed by atoms with Gasteiger partial charge in [-0.25, -0.2) is 0 Å². The van der Waals surface area contributed by atoms with E-state index in [-0.39, 0.29) is 5.60 Å². The van der Waals surface area contributed by atoms with E-state index in [0.717, 1.165) is 12.8 Å². The van der Waals surface area contributed by atoms with Crippen molar-refractivity contribution in [1.82, 2.24) is 0 Å². The lowest BCUT2D eigenvalue weighted by molar-refractivity contribution is 0.0128. The smallest absolute Gasteiger partial charge is 0.0623 e. The molecule has 1 atom stereocenters. The summed E-state index contributed by atoms with van der Waals surface area (Å²) in [5.74, 6) is 1.09. The lowest BCUT2D eigenvalue weighted by atomic mass is 9.90. The molecule has 0 bridgehead atoms. The van der Waals surface area contributed by atoms with Crippen LogP contribution < -0.4 is 0 Å². The molecule has 0 aromatic heterocycles. The minimum absolute atomic E-state index is 0.0605. The Morgan fingerprint density at radius 1 is 1.24 bits per heavy atom. The molecule has 0 spiro atoms. The highest BCUT2D eigenvalue weighted by molar-refractivity contribution is 6.18. The Hall–Kier alpha value is -0.530. The first-order valence-corrected chi connectivity index (χ1v) is 6.69. The molecule has 1 nitrogen and oxygen atoms in total. The van der Waals surface area contributed by atoms with Crippen LogP contribution in [-0.2, 0) is 4.74 Å². The fourth-order valence-electron chi connectivity index (χ4n) is 1.80. The van der Waals surface area contributed by atoms with Crippen molar-refractivity contribution in [2.45, 2.75) is 45.1 Å². The van der Waals surface area contributed by atoms with Crippen LogP contribution in [-0.4, -0.2) is 18.6 Å². The summed E-state index contributed by atoms with van der Waals surface area (Å²) in [5, 5.41) is 0. The SMILES string of the molecule is COC(C)(C)CCC(CCl)c1ccc(C)cc1. The van der Waals surface area contributed by atoms with Gasteiger partial charge in [0.2, 0.25) is 0 Å². The van der Waals surface area contributed by atoms with E-state index in [9.17, 15) is 0 Å². The molecule has 1 unspecified atom stereocenters. The van der Waals surface area contributed by atoms with Crippen molar-refractivity contribution >= 4 is 11.6 Å². The van der Waals surface area contributed by atoms with Crippen LogP contribution in [0.3, 0.4) is 0 Å². The first kappa shape index (κ1) is 14.5. The van der Waals surface area contributed by atoms with Crippen molar-refractivity contribution in [2.75, 3.05) is 13.0 Å². The van der Waals surface area contributed by atoms with Crippen LogP contribution in [0, 0.1) is 6.92 Å². The molecule has 0 aliphatic heterocycles. The zero-order valence-electron chi connectivity index (χ0n) is 11.3. The van der Waals surface area contributed by atoms with Gasteiger partial charge in [0.05, 0.1) is 5.60 Å². The van der Waals surface area contributed by atoms with Gasteiger partial charge in [0.25, 0.3) is 0 Å². The molecule has 2 heteroatoms. The third-order valence-corrected chi connectivity index (χ3v) is 3.75. The lowest BCUT2D eigenvalue weighted by Crippen LogP contribution is -2.23. The number of alkyl halides is 1. The molecule has 1 rings (SSSR count). The molecule has 0 heterocycles. The van der Waals surface area contributed by atoms with Gasteiger partial charge >= 0.3 is 0 Å². The van der Waals surface area contributed by atoms with Gasteiger partial charge in [0.1, 0.15) is 0 Å². The molecule has 0 amide bonds. The van der Waals surface area contributed by atoms with Crippen LogP contribution in [0.2, 0.25) is 0 Å². The maximum atomic E-state index is 6.07. The van der Waals surface area contributed by atoms with Crippen molar-refractivity contribution in [3.63, 3.8) is 0 Å². The molecule has 0 aliphatic carbocycles. The maximum Gasteiger partial charge on any atom is 0.0623 e. The molecule has 0 fully saturated rings. The van der Waals surface area contributed by atoms with E-state index in [0.29, 0.717) is 11.8 Å². The van der Waals surface area contributed by atoms with E-state index in [1.54, 1.807) is 7.11 Å². The van der Waals surface area contributed by atoms with Crippen molar-refractivity contribution in [1.29, 1.82) is 0 Å². The molecule has 0 radical (unpaired) electrons. The summed E-state index contributed by atoms with van der Waals surface area (Å²) in [7, 11) is 1.77. The minimum atomic E-state index is -0.0605. The van der Waals surface area contributed by atoms with Crippen molar-refractivity contribution in [2.24, 2.45) is 0 Å². The Bertz CT molecular complexity index is 329. The summed E-state index contributed by atoms with van der Waals surface area (Å²) in [6.45, 7) is 6.34. The molecule has 1 aromatic carbocycles. The van der Waals surface area contributed by atoms with Crippen LogP contribution >= 0.6 is 11.6 Å². The normalized spacial score (nSPS) is 13.7. The van der Waals surface area contributed by atoms with Crippen LogP contribution in [0.4, 0.5) is 0 Å². The summed E-state index contributed by atoms with van der Waals surface area (Å²) in [6, 6.07) is 8.66. The largest absolute Gasteiger partial charge is 0.379 e. The number of ether oxygens (including phenoxy) is 1. The average molecular weight is 255 g/mol. The van der Waals surface area contributed by atoms with Gasteiger partial charge in [-0.2, -0.15) is 0 Å². The number of hydrogen-bond donors (Lipinski definition) is 0. The second-order valence-electron chi connectivity index (χ2n) is 5.26. The van der Waals surface area contributed by atoms with Crippen LogP contribution in [0.5, 0.6) is 0 Å². The number of halogens is 1. The molecular weight excluding hydrogens is 232 g/mol. The van der Waals surface area contributed by atoms with E-state index < -0.39 is 0 Å². The fourth-order valence-corrected chi connectivity index (χ4v) is 2.13. The molecule has 17 heavy (non-hydrogen) atoms. The van der Waals surface area contributed by atoms with Crippen molar-refractivity contribution in [3.05, 3.63) is 35.4 Å². The third kappa shape index (κ3) is 4.69. The van der Waals surface area contributed by atoms with Crippen molar-refractivity contribution in [3.8, 4) is 0 Å². The van der Waals surface area contributed by atoms with Crippen LogP contribution in [0.1, 0.15) is 43.7 Å². The van der Waals surface area contributed by atoms with E-state index in [4.69, 9.17) is 16.3 Å². The number of methoxy groups -OCH3 is 1. The van der Waals surface area contributed by atoms with Crippen LogP contribution in [0.25, 0.3) is 0 Å². The second-order valence-corrected chi connectivity index (χ2v) is 5.57. The molecule has 96 valence electrons. The summed E-state index contributed by atoms with van der Waals surface area (Å²) in [4.78, 5) is 0. The number of benzene rings is 1. The quantitative estimate of drug-likeness (QED) is 0.678. The Kier molecular flexibility index (Phi) is 5.48. The van der Waals surface area contributed by atoms with E-state index >= 15 is 0 Å². The van der Waals surface area contributed by atoms with Gasteiger partial charge in [-0.05, 0) is 45.1 Å². The summed E-state index contributed by atoms with van der Waals surface area (Å²) < 4.78 is 5.44. The molecule has 0 N–H and O–H groups in total. The lowest BCUT2D eigenvalue weighted by Gasteiger charge is -2.25. The Morgan fingerprint density at radius 3 is 2.29 bits per heavy atom. The topological polar surface area (TPSA) is 9.23 Å².